The van der Waals surface area contributed by atoms with Gasteiger partial charge in [0.2, 0.25) is 0 Å². The topological polar surface area (TPSA) is 97.5 Å². The first kappa shape index (κ1) is 14.1. The quantitative estimate of drug-likeness (QED) is 0.843. The van der Waals surface area contributed by atoms with Crippen molar-refractivity contribution in [3.8, 4) is 11.1 Å². The van der Waals surface area contributed by atoms with Crippen LogP contribution in [-0.4, -0.2) is 25.7 Å². The number of anilines is 1. The van der Waals surface area contributed by atoms with Crippen LogP contribution in [0.2, 0.25) is 0 Å². The van der Waals surface area contributed by atoms with Gasteiger partial charge in [0.05, 0.1) is 10.5 Å². The summed E-state index contributed by atoms with van der Waals surface area (Å²) in [6, 6.07) is 10.9. The summed E-state index contributed by atoms with van der Waals surface area (Å²) >= 11 is 0. The number of carbonyl (C=O) groups is 1. The smallest absolute Gasteiger partial charge is 0.337 e. The van der Waals surface area contributed by atoms with E-state index in [1.165, 1.54) is 18.2 Å². The Kier molecular flexibility index (Phi) is 3.50. The van der Waals surface area contributed by atoms with Gasteiger partial charge in [-0.1, -0.05) is 18.2 Å². The molecule has 0 aromatic heterocycles. The van der Waals surface area contributed by atoms with Gasteiger partial charge < -0.3 is 10.8 Å². The van der Waals surface area contributed by atoms with Crippen LogP contribution in [0.1, 0.15) is 10.4 Å². The van der Waals surface area contributed by atoms with E-state index in [1.54, 1.807) is 24.3 Å². The SMILES string of the molecule is CS(=O)(=O)c1ccc(-c2ccc(C(=O)O)c(N)c2)cc1. The number of nitrogens with two attached hydrogens (primary N) is 1. The Balaban J connectivity index is 2.42. The number of carboxylic acid groups (broad SMARTS) is 1. The molecule has 0 fully saturated rings. The summed E-state index contributed by atoms with van der Waals surface area (Å²) in [6.45, 7) is 0. The lowest BCUT2D eigenvalue weighted by Gasteiger charge is -2.06. The maximum atomic E-state index is 11.4. The number of carboxylic acids is 1. The number of sulfone groups is 1. The summed E-state index contributed by atoms with van der Waals surface area (Å²) < 4.78 is 22.7. The number of rotatable bonds is 3. The van der Waals surface area contributed by atoms with Gasteiger partial charge in [-0.3, -0.25) is 0 Å². The third kappa shape index (κ3) is 2.80. The number of aromatic carboxylic acids is 1. The van der Waals surface area contributed by atoms with E-state index in [-0.39, 0.29) is 16.1 Å². The Morgan fingerprint density at radius 1 is 1.05 bits per heavy atom. The minimum Gasteiger partial charge on any atom is -0.478 e. The highest BCUT2D eigenvalue weighted by Crippen LogP contribution is 2.25. The standard InChI is InChI=1S/C14H13NO4S/c1-20(18,19)11-5-2-9(3-6-11)10-4-7-12(14(16)17)13(15)8-10/h2-8H,15H2,1H3,(H,16,17). The Hall–Kier alpha value is -2.34. The normalized spacial score (nSPS) is 11.2. The van der Waals surface area contributed by atoms with E-state index in [4.69, 9.17) is 10.8 Å². The third-order valence-electron chi connectivity index (χ3n) is 2.90. The first-order valence-corrected chi connectivity index (χ1v) is 7.61. The van der Waals surface area contributed by atoms with Gasteiger partial charge in [-0.15, -0.1) is 0 Å². The van der Waals surface area contributed by atoms with Crippen LogP contribution in [0.3, 0.4) is 0 Å². The molecule has 6 heteroatoms. The maximum absolute atomic E-state index is 11.4. The number of hydrogen-bond donors (Lipinski definition) is 2. The minimum absolute atomic E-state index is 0.0431. The van der Waals surface area contributed by atoms with Crippen molar-refractivity contribution in [3.63, 3.8) is 0 Å². The summed E-state index contributed by atoms with van der Waals surface area (Å²) in [4.78, 5) is 11.1. The van der Waals surface area contributed by atoms with Gasteiger partial charge >= 0.3 is 5.97 Å². The summed E-state index contributed by atoms with van der Waals surface area (Å²) in [7, 11) is -3.23. The van der Waals surface area contributed by atoms with Crippen LogP contribution in [0, 0.1) is 0 Å². The first-order valence-electron chi connectivity index (χ1n) is 5.72. The first-order chi connectivity index (χ1) is 9.29. The van der Waals surface area contributed by atoms with Gasteiger partial charge in [0.25, 0.3) is 0 Å². The molecule has 0 saturated carbocycles. The van der Waals surface area contributed by atoms with Crippen molar-refractivity contribution in [1.29, 1.82) is 0 Å². The third-order valence-corrected chi connectivity index (χ3v) is 4.03. The van der Waals surface area contributed by atoms with Crippen molar-refractivity contribution in [2.45, 2.75) is 4.90 Å². The largest absolute Gasteiger partial charge is 0.478 e. The molecule has 104 valence electrons. The highest BCUT2D eigenvalue weighted by molar-refractivity contribution is 7.90. The molecule has 3 N–H and O–H groups in total. The molecule has 0 aliphatic rings. The number of hydrogen-bond acceptors (Lipinski definition) is 4. The summed E-state index contributed by atoms with van der Waals surface area (Å²) in [6.07, 6.45) is 1.14. The lowest BCUT2D eigenvalue weighted by Crippen LogP contribution is -2.02. The lowest BCUT2D eigenvalue weighted by atomic mass is 10.0. The van der Waals surface area contributed by atoms with E-state index in [0.717, 1.165) is 17.4 Å². The molecule has 20 heavy (non-hydrogen) atoms. The molecule has 0 aliphatic heterocycles. The summed E-state index contributed by atoms with van der Waals surface area (Å²) in [5.41, 5.74) is 7.39. The predicted octanol–water partition coefficient (Wildman–Crippen LogP) is 2.04. The van der Waals surface area contributed by atoms with Crippen LogP contribution in [-0.2, 0) is 9.84 Å². The molecule has 0 heterocycles. The minimum atomic E-state index is -3.23. The van der Waals surface area contributed by atoms with Crippen LogP contribution in [0.4, 0.5) is 5.69 Å². The van der Waals surface area contributed by atoms with Gasteiger partial charge in [-0.2, -0.15) is 0 Å². The fraction of sp³-hybridized carbons (Fsp3) is 0.0714. The van der Waals surface area contributed by atoms with E-state index in [1.807, 2.05) is 0 Å². The van der Waals surface area contributed by atoms with Gasteiger partial charge in [-0.25, -0.2) is 13.2 Å². The fourth-order valence-corrected chi connectivity index (χ4v) is 2.46. The van der Waals surface area contributed by atoms with Crippen LogP contribution in [0.5, 0.6) is 0 Å². The van der Waals surface area contributed by atoms with Crippen molar-refractivity contribution >= 4 is 21.5 Å². The molecule has 0 atom stereocenters. The molecular formula is C14H13NO4S. The zero-order valence-corrected chi connectivity index (χ0v) is 11.5. The van der Waals surface area contributed by atoms with E-state index in [0.29, 0.717) is 0 Å². The molecule has 0 bridgehead atoms. The highest BCUT2D eigenvalue weighted by atomic mass is 32.2. The number of benzene rings is 2. The zero-order valence-electron chi connectivity index (χ0n) is 10.7. The van der Waals surface area contributed by atoms with Crippen molar-refractivity contribution in [2.75, 3.05) is 12.0 Å². The van der Waals surface area contributed by atoms with Crippen molar-refractivity contribution in [2.24, 2.45) is 0 Å². The molecule has 0 radical (unpaired) electrons. The number of nitrogen functional groups attached to an aromatic ring is 1. The predicted molar refractivity (Wildman–Crippen MR) is 76.4 cm³/mol. The van der Waals surface area contributed by atoms with E-state index >= 15 is 0 Å². The van der Waals surface area contributed by atoms with Crippen molar-refractivity contribution in [1.82, 2.24) is 0 Å². The second kappa shape index (κ2) is 4.97. The highest BCUT2D eigenvalue weighted by Gasteiger charge is 2.10. The van der Waals surface area contributed by atoms with Gasteiger partial charge in [0.15, 0.2) is 9.84 Å². The van der Waals surface area contributed by atoms with E-state index in [9.17, 15) is 13.2 Å². The average molecular weight is 291 g/mol. The van der Waals surface area contributed by atoms with Crippen molar-refractivity contribution < 1.29 is 18.3 Å². The van der Waals surface area contributed by atoms with Gasteiger partial charge in [0, 0.05) is 11.9 Å². The fourth-order valence-electron chi connectivity index (χ4n) is 1.83. The Bertz CT molecular complexity index is 764. The molecule has 0 spiro atoms. The molecule has 5 nitrogen and oxygen atoms in total. The second-order valence-corrected chi connectivity index (χ2v) is 6.42. The van der Waals surface area contributed by atoms with Crippen LogP contribution >= 0.6 is 0 Å². The lowest BCUT2D eigenvalue weighted by molar-refractivity contribution is 0.0698. The monoisotopic (exact) mass is 291 g/mol. The molecule has 0 amide bonds. The van der Waals surface area contributed by atoms with Crippen LogP contribution in [0.25, 0.3) is 11.1 Å². The average Bonchev–Trinajstić information content (AvgIpc) is 2.37. The second-order valence-electron chi connectivity index (χ2n) is 4.40. The Morgan fingerprint density at radius 3 is 2.05 bits per heavy atom. The molecule has 2 rings (SSSR count). The van der Waals surface area contributed by atoms with E-state index < -0.39 is 15.8 Å². The molecule has 2 aromatic carbocycles. The Morgan fingerprint density at radius 2 is 1.60 bits per heavy atom. The van der Waals surface area contributed by atoms with Gasteiger partial charge in [0.1, 0.15) is 0 Å². The molecule has 0 unspecified atom stereocenters. The molecule has 0 aliphatic carbocycles. The Labute approximate surface area is 116 Å². The van der Waals surface area contributed by atoms with Gasteiger partial charge in [-0.05, 0) is 35.4 Å². The van der Waals surface area contributed by atoms with Crippen LogP contribution < -0.4 is 5.73 Å². The van der Waals surface area contributed by atoms with Crippen molar-refractivity contribution in [3.05, 3.63) is 48.0 Å². The van der Waals surface area contributed by atoms with E-state index in [2.05, 4.69) is 0 Å². The summed E-state index contributed by atoms with van der Waals surface area (Å²) in [5.74, 6) is -1.08. The molecule has 2 aromatic rings. The maximum Gasteiger partial charge on any atom is 0.337 e. The van der Waals surface area contributed by atoms with Crippen LogP contribution in [0.15, 0.2) is 47.4 Å². The summed E-state index contributed by atoms with van der Waals surface area (Å²) in [5, 5.41) is 8.91. The zero-order chi connectivity index (χ0) is 14.9. The molecular weight excluding hydrogens is 278 g/mol. The molecule has 0 saturated heterocycles.